The molecule has 1 heterocycles. The van der Waals surface area contributed by atoms with E-state index in [9.17, 15) is 4.79 Å². The highest BCUT2D eigenvalue weighted by Gasteiger charge is 2.31. The maximum Gasteiger partial charge on any atom is 0.224 e. The third-order valence-corrected chi connectivity index (χ3v) is 3.82. The van der Waals surface area contributed by atoms with Crippen LogP contribution in [0.15, 0.2) is 0 Å². The number of ether oxygens (including phenoxy) is 1. The van der Waals surface area contributed by atoms with Gasteiger partial charge in [0.1, 0.15) is 0 Å². The zero-order chi connectivity index (χ0) is 12.3. The molecule has 0 aromatic rings. The Balaban J connectivity index is 1.76. The Morgan fingerprint density at radius 2 is 2.24 bits per heavy atom. The van der Waals surface area contributed by atoms with Gasteiger partial charge in [-0.3, -0.25) is 4.79 Å². The van der Waals surface area contributed by atoms with Gasteiger partial charge < -0.3 is 15.4 Å². The Morgan fingerprint density at radius 3 is 2.76 bits per heavy atom. The molecular weight excluding hydrogens is 216 g/mol. The van der Waals surface area contributed by atoms with Crippen LogP contribution in [0.1, 0.15) is 39.0 Å². The first-order valence-corrected chi connectivity index (χ1v) is 6.85. The van der Waals surface area contributed by atoms with Crippen LogP contribution in [-0.4, -0.2) is 42.6 Å². The maximum atomic E-state index is 12.1. The van der Waals surface area contributed by atoms with Gasteiger partial charge in [0.25, 0.3) is 0 Å². The largest absolute Gasteiger partial charge is 0.376 e. The summed E-state index contributed by atoms with van der Waals surface area (Å²) in [7, 11) is 0. The quantitative estimate of drug-likeness (QED) is 0.757. The fourth-order valence-corrected chi connectivity index (χ4v) is 2.46. The van der Waals surface area contributed by atoms with E-state index in [4.69, 9.17) is 10.5 Å². The number of likely N-dealkylation sites (N-methyl/N-ethyl adjacent to an activating group) is 1. The fourth-order valence-electron chi connectivity index (χ4n) is 2.46. The average molecular weight is 240 g/mol. The first kappa shape index (κ1) is 12.8. The number of amides is 1. The fraction of sp³-hybridized carbons (Fsp3) is 0.923. The molecule has 4 nitrogen and oxygen atoms in total. The van der Waals surface area contributed by atoms with Crippen molar-refractivity contribution in [3.05, 3.63) is 0 Å². The number of carbonyl (C=O) groups is 1. The van der Waals surface area contributed by atoms with Gasteiger partial charge in [-0.2, -0.15) is 0 Å². The third-order valence-electron chi connectivity index (χ3n) is 3.82. The van der Waals surface area contributed by atoms with Crippen molar-refractivity contribution in [2.75, 3.05) is 19.7 Å². The molecule has 0 bridgehead atoms. The lowest BCUT2D eigenvalue weighted by Crippen LogP contribution is -2.40. The lowest BCUT2D eigenvalue weighted by atomic mass is 10.1. The summed E-state index contributed by atoms with van der Waals surface area (Å²) in [6.45, 7) is 4.37. The van der Waals surface area contributed by atoms with Gasteiger partial charge in [0.05, 0.1) is 6.10 Å². The Labute approximate surface area is 103 Å². The first-order chi connectivity index (χ1) is 8.20. The second kappa shape index (κ2) is 5.83. The van der Waals surface area contributed by atoms with Crippen LogP contribution >= 0.6 is 0 Å². The standard InChI is InChI=1S/C13H24N2O2/c1-2-15(9-11-4-3-7-17-11)13(16)8-12(14)10-5-6-10/h10-12H,2-9,14H2,1H3. The van der Waals surface area contributed by atoms with Gasteiger partial charge in [0, 0.05) is 32.2 Å². The zero-order valence-electron chi connectivity index (χ0n) is 10.7. The van der Waals surface area contributed by atoms with E-state index in [2.05, 4.69) is 0 Å². The molecule has 4 heteroatoms. The van der Waals surface area contributed by atoms with Gasteiger partial charge in [-0.05, 0) is 38.5 Å². The summed E-state index contributed by atoms with van der Waals surface area (Å²) in [6, 6.07) is 0.0704. The van der Waals surface area contributed by atoms with E-state index in [-0.39, 0.29) is 18.1 Å². The SMILES string of the molecule is CCN(CC1CCCO1)C(=O)CC(N)C1CC1. The van der Waals surface area contributed by atoms with Crippen LogP contribution in [0.2, 0.25) is 0 Å². The van der Waals surface area contributed by atoms with Crippen LogP contribution in [-0.2, 0) is 9.53 Å². The topological polar surface area (TPSA) is 55.6 Å². The van der Waals surface area contributed by atoms with Crippen LogP contribution < -0.4 is 5.73 Å². The van der Waals surface area contributed by atoms with Crippen molar-refractivity contribution in [3.8, 4) is 0 Å². The van der Waals surface area contributed by atoms with Crippen LogP contribution in [0.25, 0.3) is 0 Å². The molecule has 2 fully saturated rings. The monoisotopic (exact) mass is 240 g/mol. The molecular formula is C13H24N2O2. The highest BCUT2D eigenvalue weighted by atomic mass is 16.5. The summed E-state index contributed by atoms with van der Waals surface area (Å²) in [5.41, 5.74) is 6.00. The van der Waals surface area contributed by atoms with Gasteiger partial charge >= 0.3 is 0 Å². The van der Waals surface area contributed by atoms with Crippen molar-refractivity contribution in [3.63, 3.8) is 0 Å². The Morgan fingerprint density at radius 1 is 1.47 bits per heavy atom. The van der Waals surface area contributed by atoms with E-state index in [0.29, 0.717) is 12.3 Å². The minimum absolute atomic E-state index is 0.0704. The van der Waals surface area contributed by atoms with Crippen LogP contribution in [0.4, 0.5) is 0 Å². The highest BCUT2D eigenvalue weighted by molar-refractivity contribution is 5.76. The summed E-state index contributed by atoms with van der Waals surface area (Å²) in [4.78, 5) is 14.0. The minimum atomic E-state index is 0.0704. The molecule has 2 rings (SSSR count). The van der Waals surface area contributed by atoms with Crippen molar-refractivity contribution < 1.29 is 9.53 Å². The molecule has 0 radical (unpaired) electrons. The number of carbonyl (C=O) groups excluding carboxylic acids is 1. The van der Waals surface area contributed by atoms with Crippen LogP contribution in [0.5, 0.6) is 0 Å². The van der Waals surface area contributed by atoms with Gasteiger partial charge in [0.15, 0.2) is 0 Å². The van der Waals surface area contributed by atoms with Crippen molar-refractivity contribution >= 4 is 5.91 Å². The smallest absolute Gasteiger partial charge is 0.224 e. The van der Waals surface area contributed by atoms with Gasteiger partial charge in [-0.1, -0.05) is 0 Å². The Bertz CT molecular complexity index is 260. The van der Waals surface area contributed by atoms with E-state index in [1.165, 1.54) is 12.8 Å². The number of nitrogens with two attached hydrogens (primary N) is 1. The molecule has 1 aliphatic carbocycles. The van der Waals surface area contributed by atoms with E-state index < -0.39 is 0 Å². The number of hydrogen-bond donors (Lipinski definition) is 1. The molecule has 0 aromatic heterocycles. The predicted molar refractivity (Wildman–Crippen MR) is 66.5 cm³/mol. The normalized spacial score (nSPS) is 25.9. The van der Waals surface area contributed by atoms with E-state index in [1.54, 1.807) is 0 Å². The molecule has 1 amide bonds. The Hall–Kier alpha value is -0.610. The van der Waals surface area contributed by atoms with Crippen molar-refractivity contribution in [1.82, 2.24) is 4.90 Å². The van der Waals surface area contributed by atoms with Crippen molar-refractivity contribution in [2.45, 2.75) is 51.2 Å². The van der Waals surface area contributed by atoms with Crippen LogP contribution in [0.3, 0.4) is 0 Å². The Kier molecular flexibility index (Phi) is 4.40. The van der Waals surface area contributed by atoms with Gasteiger partial charge in [0.2, 0.25) is 5.91 Å². The molecule has 1 aliphatic heterocycles. The maximum absolute atomic E-state index is 12.1. The minimum Gasteiger partial charge on any atom is -0.376 e. The molecule has 2 N–H and O–H groups in total. The van der Waals surface area contributed by atoms with Crippen molar-refractivity contribution in [1.29, 1.82) is 0 Å². The second-order valence-electron chi connectivity index (χ2n) is 5.27. The van der Waals surface area contributed by atoms with Crippen LogP contribution in [0, 0.1) is 5.92 Å². The molecule has 1 saturated heterocycles. The number of nitrogens with zero attached hydrogens (tertiary/aromatic N) is 1. The average Bonchev–Trinajstić information content (AvgIpc) is 3.04. The lowest BCUT2D eigenvalue weighted by Gasteiger charge is -2.25. The molecule has 2 atom stereocenters. The van der Waals surface area contributed by atoms with Crippen molar-refractivity contribution in [2.24, 2.45) is 11.7 Å². The molecule has 17 heavy (non-hydrogen) atoms. The predicted octanol–water partition coefficient (Wildman–Crippen LogP) is 1.14. The summed E-state index contributed by atoms with van der Waals surface area (Å²) >= 11 is 0. The number of rotatable bonds is 6. The highest BCUT2D eigenvalue weighted by Crippen LogP contribution is 2.33. The molecule has 0 aromatic carbocycles. The zero-order valence-corrected chi connectivity index (χ0v) is 10.7. The lowest BCUT2D eigenvalue weighted by molar-refractivity contribution is -0.133. The first-order valence-electron chi connectivity index (χ1n) is 6.85. The molecule has 2 unspecified atom stereocenters. The number of hydrogen-bond acceptors (Lipinski definition) is 3. The molecule has 0 spiro atoms. The summed E-state index contributed by atoms with van der Waals surface area (Å²) in [6.07, 6.45) is 5.36. The second-order valence-corrected chi connectivity index (χ2v) is 5.27. The third kappa shape index (κ3) is 3.68. The van der Waals surface area contributed by atoms with E-state index >= 15 is 0 Å². The molecule has 1 saturated carbocycles. The van der Waals surface area contributed by atoms with E-state index in [1.807, 2.05) is 11.8 Å². The molecule has 98 valence electrons. The summed E-state index contributed by atoms with van der Waals surface area (Å²) in [5.74, 6) is 0.794. The summed E-state index contributed by atoms with van der Waals surface area (Å²) < 4.78 is 5.58. The summed E-state index contributed by atoms with van der Waals surface area (Å²) in [5, 5.41) is 0. The van der Waals surface area contributed by atoms with Gasteiger partial charge in [-0.15, -0.1) is 0 Å². The molecule has 2 aliphatic rings. The van der Waals surface area contributed by atoms with Gasteiger partial charge in [-0.25, -0.2) is 0 Å². The van der Waals surface area contributed by atoms with E-state index in [0.717, 1.165) is 32.5 Å².